The van der Waals surface area contributed by atoms with Crippen molar-refractivity contribution >= 4 is 17.6 Å². The van der Waals surface area contributed by atoms with Crippen molar-refractivity contribution in [1.82, 2.24) is 9.97 Å². The average molecular weight is 281 g/mol. The van der Waals surface area contributed by atoms with Crippen molar-refractivity contribution in [3.05, 3.63) is 11.8 Å². The standard InChI is InChI=1S/C14H23N3OS/c1-14(2,3)11-8-12(17-13(16-11)19-4)15-9-10-6-5-7-18-10/h8,10H,5-7,9H2,1-4H3,(H,15,16,17). The number of nitrogens with zero attached hydrogens (tertiary/aromatic N) is 2. The van der Waals surface area contributed by atoms with E-state index in [1.165, 1.54) is 6.42 Å². The fraction of sp³-hybridized carbons (Fsp3) is 0.714. The van der Waals surface area contributed by atoms with Crippen LogP contribution >= 0.6 is 11.8 Å². The highest BCUT2D eigenvalue weighted by molar-refractivity contribution is 7.98. The second-order valence-electron chi connectivity index (χ2n) is 5.89. The van der Waals surface area contributed by atoms with Gasteiger partial charge in [-0.05, 0) is 19.1 Å². The predicted octanol–water partition coefficient (Wildman–Crippen LogP) is 3.09. The molecular formula is C14H23N3OS. The molecule has 19 heavy (non-hydrogen) atoms. The lowest BCUT2D eigenvalue weighted by atomic mass is 9.92. The zero-order valence-electron chi connectivity index (χ0n) is 12.2. The van der Waals surface area contributed by atoms with Crippen molar-refractivity contribution in [3.8, 4) is 0 Å². The molecular weight excluding hydrogens is 258 g/mol. The lowest BCUT2D eigenvalue weighted by molar-refractivity contribution is 0.120. The van der Waals surface area contributed by atoms with Crippen LogP contribution in [0, 0.1) is 0 Å². The molecule has 0 saturated carbocycles. The van der Waals surface area contributed by atoms with Crippen LogP contribution in [0.5, 0.6) is 0 Å². The first kappa shape index (κ1) is 14.6. The molecule has 0 spiro atoms. The second kappa shape index (κ2) is 6.09. The Bertz CT molecular complexity index is 425. The van der Waals surface area contributed by atoms with Gasteiger partial charge in [0.1, 0.15) is 5.82 Å². The highest BCUT2D eigenvalue weighted by atomic mass is 32.2. The Morgan fingerprint density at radius 3 is 2.79 bits per heavy atom. The van der Waals surface area contributed by atoms with Gasteiger partial charge in [-0.2, -0.15) is 0 Å². The molecule has 1 aliphatic rings. The summed E-state index contributed by atoms with van der Waals surface area (Å²) in [6.45, 7) is 8.23. The van der Waals surface area contributed by atoms with E-state index in [0.29, 0.717) is 6.10 Å². The Kier molecular flexibility index (Phi) is 4.68. The number of nitrogens with one attached hydrogen (secondary N) is 1. The molecule has 2 rings (SSSR count). The summed E-state index contributed by atoms with van der Waals surface area (Å²) in [5, 5.41) is 4.21. The number of rotatable bonds is 4. The number of aromatic nitrogens is 2. The summed E-state index contributed by atoms with van der Waals surface area (Å²) in [5.74, 6) is 0.903. The van der Waals surface area contributed by atoms with E-state index in [0.717, 1.165) is 36.2 Å². The van der Waals surface area contributed by atoms with Gasteiger partial charge in [0.05, 0.1) is 11.8 Å². The number of ether oxygens (including phenoxy) is 1. The third-order valence-corrected chi connectivity index (χ3v) is 3.74. The maximum Gasteiger partial charge on any atom is 0.189 e. The zero-order valence-corrected chi connectivity index (χ0v) is 13.0. The van der Waals surface area contributed by atoms with Crippen LogP contribution in [-0.2, 0) is 10.2 Å². The molecule has 0 bridgehead atoms. The van der Waals surface area contributed by atoms with Gasteiger partial charge >= 0.3 is 0 Å². The molecule has 5 heteroatoms. The van der Waals surface area contributed by atoms with E-state index in [9.17, 15) is 0 Å². The molecule has 0 aliphatic carbocycles. The molecule has 4 nitrogen and oxygen atoms in total. The highest BCUT2D eigenvalue weighted by Crippen LogP contribution is 2.24. The smallest absolute Gasteiger partial charge is 0.189 e. The predicted molar refractivity (Wildman–Crippen MR) is 80.0 cm³/mol. The number of hydrogen-bond donors (Lipinski definition) is 1. The first-order chi connectivity index (χ1) is 8.99. The topological polar surface area (TPSA) is 47.0 Å². The monoisotopic (exact) mass is 281 g/mol. The molecule has 1 aromatic rings. The first-order valence-electron chi connectivity index (χ1n) is 6.78. The third kappa shape index (κ3) is 4.08. The lowest BCUT2D eigenvalue weighted by Crippen LogP contribution is -2.20. The minimum absolute atomic E-state index is 0.0354. The van der Waals surface area contributed by atoms with Crippen LogP contribution in [0.25, 0.3) is 0 Å². The Balaban J connectivity index is 2.10. The molecule has 0 radical (unpaired) electrons. The summed E-state index contributed by atoms with van der Waals surface area (Å²) < 4.78 is 5.62. The molecule has 1 saturated heterocycles. The molecule has 1 atom stereocenters. The third-order valence-electron chi connectivity index (χ3n) is 3.19. The van der Waals surface area contributed by atoms with Gasteiger partial charge in [-0.15, -0.1) is 0 Å². The lowest BCUT2D eigenvalue weighted by Gasteiger charge is -2.20. The van der Waals surface area contributed by atoms with Crippen LogP contribution in [0.4, 0.5) is 5.82 Å². The Morgan fingerprint density at radius 2 is 2.21 bits per heavy atom. The van der Waals surface area contributed by atoms with Crippen LogP contribution in [0.3, 0.4) is 0 Å². The van der Waals surface area contributed by atoms with Gasteiger partial charge in [0.2, 0.25) is 0 Å². The maximum atomic E-state index is 5.62. The molecule has 1 fully saturated rings. The van der Waals surface area contributed by atoms with E-state index < -0.39 is 0 Å². The van der Waals surface area contributed by atoms with Gasteiger partial charge in [-0.25, -0.2) is 9.97 Å². The Hall–Kier alpha value is -0.810. The van der Waals surface area contributed by atoms with Crippen molar-refractivity contribution < 1.29 is 4.74 Å². The van der Waals surface area contributed by atoms with E-state index in [1.807, 2.05) is 6.26 Å². The van der Waals surface area contributed by atoms with E-state index >= 15 is 0 Å². The largest absolute Gasteiger partial charge is 0.376 e. The van der Waals surface area contributed by atoms with Gasteiger partial charge in [-0.1, -0.05) is 32.5 Å². The van der Waals surface area contributed by atoms with E-state index in [-0.39, 0.29) is 5.41 Å². The summed E-state index contributed by atoms with van der Waals surface area (Å²) in [6, 6.07) is 2.05. The molecule has 0 amide bonds. The zero-order chi connectivity index (χ0) is 13.9. The van der Waals surface area contributed by atoms with E-state index in [4.69, 9.17) is 4.74 Å². The maximum absolute atomic E-state index is 5.62. The quantitative estimate of drug-likeness (QED) is 0.679. The van der Waals surface area contributed by atoms with Gasteiger partial charge in [0.15, 0.2) is 5.16 Å². The average Bonchev–Trinajstić information content (AvgIpc) is 2.88. The molecule has 1 aromatic heterocycles. The second-order valence-corrected chi connectivity index (χ2v) is 6.66. The van der Waals surface area contributed by atoms with Crippen LogP contribution in [-0.4, -0.2) is 35.5 Å². The van der Waals surface area contributed by atoms with Gasteiger partial charge in [0.25, 0.3) is 0 Å². The normalized spacial score (nSPS) is 19.7. The summed E-state index contributed by atoms with van der Waals surface area (Å²) in [7, 11) is 0. The van der Waals surface area contributed by atoms with Crippen LogP contribution in [0.2, 0.25) is 0 Å². The summed E-state index contributed by atoms with van der Waals surface area (Å²) in [5.41, 5.74) is 1.11. The van der Waals surface area contributed by atoms with E-state index in [2.05, 4.69) is 42.1 Å². The molecule has 1 aliphatic heterocycles. The summed E-state index contributed by atoms with van der Waals surface area (Å²) in [6.07, 6.45) is 4.63. The van der Waals surface area contributed by atoms with Crippen molar-refractivity contribution in [2.45, 2.75) is 50.3 Å². The highest BCUT2D eigenvalue weighted by Gasteiger charge is 2.19. The van der Waals surface area contributed by atoms with E-state index in [1.54, 1.807) is 11.8 Å². The minimum atomic E-state index is 0.0354. The summed E-state index contributed by atoms with van der Waals surface area (Å²) in [4.78, 5) is 9.10. The molecule has 106 valence electrons. The van der Waals surface area contributed by atoms with Crippen LogP contribution < -0.4 is 5.32 Å². The number of anilines is 1. The van der Waals surface area contributed by atoms with Gasteiger partial charge in [0, 0.05) is 24.6 Å². The number of hydrogen-bond acceptors (Lipinski definition) is 5. The van der Waals surface area contributed by atoms with Crippen molar-refractivity contribution in [3.63, 3.8) is 0 Å². The first-order valence-corrected chi connectivity index (χ1v) is 8.00. The van der Waals surface area contributed by atoms with Crippen LogP contribution in [0.1, 0.15) is 39.3 Å². The van der Waals surface area contributed by atoms with Crippen molar-refractivity contribution in [2.75, 3.05) is 24.7 Å². The number of thioether (sulfide) groups is 1. The summed E-state index contributed by atoms with van der Waals surface area (Å²) >= 11 is 1.58. The van der Waals surface area contributed by atoms with Crippen molar-refractivity contribution in [1.29, 1.82) is 0 Å². The minimum Gasteiger partial charge on any atom is -0.376 e. The van der Waals surface area contributed by atoms with Gasteiger partial charge < -0.3 is 10.1 Å². The van der Waals surface area contributed by atoms with Crippen LogP contribution in [0.15, 0.2) is 11.2 Å². The van der Waals surface area contributed by atoms with Gasteiger partial charge in [-0.3, -0.25) is 0 Å². The fourth-order valence-corrected chi connectivity index (χ4v) is 2.39. The molecule has 2 heterocycles. The Morgan fingerprint density at radius 1 is 1.42 bits per heavy atom. The molecule has 1 N–H and O–H groups in total. The van der Waals surface area contributed by atoms with Crippen molar-refractivity contribution in [2.24, 2.45) is 0 Å². The Labute approximate surface area is 119 Å². The molecule has 1 unspecified atom stereocenters. The SMILES string of the molecule is CSc1nc(NCC2CCCO2)cc(C(C)(C)C)n1. The fourth-order valence-electron chi connectivity index (χ4n) is 2.01. The molecule has 0 aromatic carbocycles.